The summed E-state index contributed by atoms with van der Waals surface area (Å²) in [6.07, 6.45) is 1.65. The molecule has 0 atom stereocenters. The van der Waals surface area contributed by atoms with Crippen LogP contribution < -0.4 is 20.9 Å². The third kappa shape index (κ3) is 4.69. The first-order valence-electron chi connectivity index (χ1n) is 12.1. The zero-order valence-electron chi connectivity index (χ0n) is 21.5. The molecule has 0 aliphatic carbocycles. The number of urea groups is 1. The maximum Gasteiger partial charge on any atom is 0.323 e. The Kier molecular flexibility index (Phi) is 7.10. The van der Waals surface area contributed by atoms with E-state index in [9.17, 15) is 9.59 Å². The summed E-state index contributed by atoms with van der Waals surface area (Å²) in [4.78, 5) is 31.4. The van der Waals surface area contributed by atoms with Gasteiger partial charge in [-0.15, -0.1) is 0 Å². The van der Waals surface area contributed by atoms with Gasteiger partial charge in [0.05, 0.1) is 7.11 Å². The number of amides is 2. The molecule has 0 radical (unpaired) electrons. The van der Waals surface area contributed by atoms with Crippen molar-refractivity contribution in [2.24, 2.45) is 7.05 Å². The van der Waals surface area contributed by atoms with Crippen LogP contribution >= 0.6 is 0 Å². The van der Waals surface area contributed by atoms with Crippen LogP contribution in [0.3, 0.4) is 0 Å². The molecule has 0 bridgehead atoms. The van der Waals surface area contributed by atoms with E-state index in [1.54, 1.807) is 20.4 Å². The number of pyridine rings is 2. The number of hydrogen-bond donors (Lipinski definition) is 2. The number of aromatic nitrogens is 2. The third-order valence-electron chi connectivity index (χ3n) is 6.35. The summed E-state index contributed by atoms with van der Waals surface area (Å²) in [6, 6.07) is 16.7. The van der Waals surface area contributed by atoms with Crippen molar-refractivity contribution in [2.45, 2.75) is 39.5 Å². The second kappa shape index (κ2) is 10.2. The molecule has 2 aromatic heterocycles. The van der Waals surface area contributed by atoms with Gasteiger partial charge in [-0.2, -0.15) is 0 Å². The summed E-state index contributed by atoms with van der Waals surface area (Å²) in [5.41, 5.74) is 4.55. The van der Waals surface area contributed by atoms with E-state index < -0.39 is 6.03 Å². The van der Waals surface area contributed by atoms with Gasteiger partial charge in [0.2, 0.25) is 0 Å². The summed E-state index contributed by atoms with van der Waals surface area (Å²) < 4.78 is 6.87. The van der Waals surface area contributed by atoms with E-state index in [-0.39, 0.29) is 23.1 Å². The number of carbonyl (C=O) groups is 1. The van der Waals surface area contributed by atoms with E-state index in [4.69, 9.17) is 4.74 Å². The van der Waals surface area contributed by atoms with Gasteiger partial charge in [0.15, 0.2) is 0 Å². The van der Waals surface area contributed by atoms with E-state index >= 15 is 0 Å². The van der Waals surface area contributed by atoms with Crippen LogP contribution in [0.5, 0.6) is 5.75 Å². The number of benzene rings is 2. The smallest absolute Gasteiger partial charge is 0.323 e. The topological polar surface area (TPSA) is 85.3 Å². The van der Waals surface area contributed by atoms with Gasteiger partial charge in [-0.25, -0.2) is 9.78 Å². The summed E-state index contributed by atoms with van der Waals surface area (Å²) in [5, 5.41) is 6.67. The number of anilines is 2. The van der Waals surface area contributed by atoms with Crippen molar-refractivity contribution < 1.29 is 9.53 Å². The van der Waals surface area contributed by atoms with Crippen molar-refractivity contribution in [2.75, 3.05) is 17.7 Å². The van der Waals surface area contributed by atoms with E-state index in [0.717, 1.165) is 27.8 Å². The van der Waals surface area contributed by atoms with Gasteiger partial charge in [-0.05, 0) is 52.8 Å². The first-order valence-corrected chi connectivity index (χ1v) is 12.1. The van der Waals surface area contributed by atoms with Crippen molar-refractivity contribution in [3.8, 4) is 16.9 Å². The van der Waals surface area contributed by atoms with Gasteiger partial charge in [0.1, 0.15) is 17.1 Å². The van der Waals surface area contributed by atoms with E-state index in [2.05, 4.69) is 43.3 Å². The molecule has 0 saturated heterocycles. The molecule has 7 heteroatoms. The van der Waals surface area contributed by atoms with Crippen molar-refractivity contribution in [1.82, 2.24) is 9.55 Å². The number of aryl methyl sites for hydroxylation is 1. The highest BCUT2D eigenvalue weighted by atomic mass is 16.5. The number of nitrogens with one attached hydrogen (secondary N) is 2. The lowest BCUT2D eigenvalue weighted by molar-refractivity contribution is 0.262. The van der Waals surface area contributed by atoms with Crippen molar-refractivity contribution in [1.29, 1.82) is 0 Å². The Labute approximate surface area is 211 Å². The van der Waals surface area contributed by atoms with Gasteiger partial charge in [-0.3, -0.25) is 9.36 Å². The van der Waals surface area contributed by atoms with Crippen LogP contribution in [-0.4, -0.2) is 22.7 Å². The molecule has 2 N–H and O–H groups in total. The van der Waals surface area contributed by atoms with Crippen LogP contribution in [0.25, 0.3) is 22.2 Å². The highest BCUT2D eigenvalue weighted by Gasteiger charge is 2.21. The van der Waals surface area contributed by atoms with Crippen molar-refractivity contribution in [3.05, 3.63) is 82.3 Å². The second-order valence-corrected chi connectivity index (χ2v) is 9.42. The van der Waals surface area contributed by atoms with Crippen LogP contribution in [-0.2, 0) is 7.05 Å². The Morgan fingerprint density at radius 1 is 0.917 bits per heavy atom. The summed E-state index contributed by atoms with van der Waals surface area (Å²) in [5.74, 6) is 1.07. The minimum absolute atomic E-state index is 0.178. The number of carbonyl (C=O) groups excluding carboxylic acids is 1. The van der Waals surface area contributed by atoms with E-state index in [0.29, 0.717) is 17.0 Å². The van der Waals surface area contributed by atoms with Gasteiger partial charge in [0, 0.05) is 29.9 Å². The number of ether oxygens (including phenoxy) is 1. The second-order valence-electron chi connectivity index (χ2n) is 9.42. The monoisotopic (exact) mass is 484 g/mol. The number of nitrogens with zero attached hydrogens (tertiary/aromatic N) is 2. The number of hydrogen-bond acceptors (Lipinski definition) is 4. The fourth-order valence-corrected chi connectivity index (χ4v) is 4.51. The Morgan fingerprint density at radius 3 is 2.19 bits per heavy atom. The van der Waals surface area contributed by atoms with Crippen molar-refractivity contribution in [3.63, 3.8) is 0 Å². The van der Waals surface area contributed by atoms with E-state index in [1.165, 1.54) is 4.57 Å². The molecule has 0 saturated carbocycles. The SMILES string of the molecule is COc1cccc(-c2c(NC(=O)Nc3c(C(C)C)cccc3C(C)C)c(=O)n(C)c3ncccc23)c1. The van der Waals surface area contributed by atoms with Gasteiger partial charge >= 0.3 is 6.03 Å². The van der Waals surface area contributed by atoms with Crippen LogP contribution in [0.1, 0.15) is 50.7 Å². The van der Waals surface area contributed by atoms with Gasteiger partial charge < -0.3 is 15.4 Å². The molecule has 186 valence electrons. The molecule has 0 aliphatic rings. The Balaban J connectivity index is 1.86. The minimum atomic E-state index is -0.477. The maximum absolute atomic E-state index is 13.5. The molecule has 0 unspecified atom stereocenters. The quantitative estimate of drug-likeness (QED) is 0.327. The van der Waals surface area contributed by atoms with Crippen molar-refractivity contribution >= 4 is 28.4 Å². The minimum Gasteiger partial charge on any atom is -0.497 e. The highest BCUT2D eigenvalue weighted by Crippen LogP contribution is 2.35. The zero-order valence-corrected chi connectivity index (χ0v) is 21.5. The molecule has 2 aromatic carbocycles. The molecule has 2 heterocycles. The zero-order chi connectivity index (χ0) is 26.0. The standard InChI is InChI=1S/C29H32N4O3/c1-17(2)21-12-8-13-22(18(3)4)25(21)31-29(35)32-26-24(19-10-7-11-20(16-19)36-6)23-14-9-15-30-27(23)33(5)28(26)34/h7-18H,1-6H3,(H2,31,32,35). The Hall–Kier alpha value is -4.13. The average Bonchev–Trinajstić information content (AvgIpc) is 2.87. The predicted molar refractivity (Wildman–Crippen MR) is 146 cm³/mol. The molecule has 2 amide bonds. The molecule has 7 nitrogen and oxygen atoms in total. The van der Waals surface area contributed by atoms with Crippen LogP contribution in [0.15, 0.2) is 65.6 Å². The Bertz CT molecular complexity index is 1460. The lowest BCUT2D eigenvalue weighted by Gasteiger charge is -2.21. The lowest BCUT2D eigenvalue weighted by Crippen LogP contribution is -2.29. The molecule has 0 spiro atoms. The molecule has 4 aromatic rings. The first-order chi connectivity index (χ1) is 17.2. The molecular weight excluding hydrogens is 452 g/mol. The van der Waals surface area contributed by atoms with Crippen LogP contribution in [0, 0.1) is 0 Å². The molecule has 0 fully saturated rings. The first kappa shape index (κ1) is 25.0. The Morgan fingerprint density at radius 2 is 1.56 bits per heavy atom. The lowest BCUT2D eigenvalue weighted by atomic mass is 9.93. The maximum atomic E-state index is 13.5. The summed E-state index contributed by atoms with van der Waals surface area (Å²) >= 11 is 0. The highest BCUT2D eigenvalue weighted by molar-refractivity contribution is 6.07. The fraction of sp³-hybridized carbons (Fsp3) is 0.276. The summed E-state index contributed by atoms with van der Waals surface area (Å²) in [6.45, 7) is 8.37. The number of para-hydroxylation sites is 1. The molecular formula is C29H32N4O3. The van der Waals surface area contributed by atoms with Crippen LogP contribution in [0.2, 0.25) is 0 Å². The summed E-state index contributed by atoms with van der Waals surface area (Å²) in [7, 11) is 3.24. The largest absolute Gasteiger partial charge is 0.497 e. The van der Waals surface area contributed by atoms with Gasteiger partial charge in [-0.1, -0.05) is 58.0 Å². The molecule has 0 aliphatic heterocycles. The normalized spacial score (nSPS) is 11.2. The number of rotatable bonds is 6. The fourth-order valence-electron chi connectivity index (χ4n) is 4.51. The van der Waals surface area contributed by atoms with E-state index in [1.807, 2.05) is 54.6 Å². The van der Waals surface area contributed by atoms with Gasteiger partial charge in [0.25, 0.3) is 5.56 Å². The molecule has 4 rings (SSSR count). The predicted octanol–water partition coefficient (Wildman–Crippen LogP) is 6.50. The molecule has 36 heavy (non-hydrogen) atoms. The average molecular weight is 485 g/mol. The van der Waals surface area contributed by atoms with Crippen LogP contribution in [0.4, 0.5) is 16.2 Å². The number of methoxy groups -OCH3 is 1. The number of fused-ring (bicyclic) bond motifs is 1. The third-order valence-corrected chi connectivity index (χ3v) is 6.35.